The van der Waals surface area contributed by atoms with E-state index in [4.69, 9.17) is 14.2 Å². The second-order valence-electron chi connectivity index (χ2n) is 7.47. The Bertz CT molecular complexity index is 748. The van der Waals surface area contributed by atoms with E-state index in [0.717, 1.165) is 37.0 Å². The molecular formula is C23H27NO4. The van der Waals surface area contributed by atoms with Crippen molar-refractivity contribution in [3.8, 4) is 0 Å². The fourth-order valence-electron chi connectivity index (χ4n) is 3.78. The molecule has 2 heterocycles. The summed E-state index contributed by atoms with van der Waals surface area (Å²) in [6.07, 6.45) is 2.65. The fraction of sp³-hybridized carbons (Fsp3) is 0.435. The molecule has 0 aliphatic carbocycles. The number of likely N-dealkylation sites (tertiary alicyclic amines) is 1. The van der Waals surface area contributed by atoms with Gasteiger partial charge in [0.05, 0.1) is 31.5 Å². The maximum absolute atomic E-state index is 12.8. The third-order valence-corrected chi connectivity index (χ3v) is 5.37. The highest BCUT2D eigenvalue weighted by Crippen LogP contribution is 2.29. The van der Waals surface area contributed by atoms with Crippen LogP contribution in [0.3, 0.4) is 0 Å². The molecule has 0 radical (unpaired) electrons. The minimum absolute atomic E-state index is 0.00225. The van der Waals surface area contributed by atoms with Crippen LogP contribution in [-0.2, 0) is 27.4 Å². The topological polar surface area (TPSA) is 51.3 Å². The summed E-state index contributed by atoms with van der Waals surface area (Å²) in [5.74, 6) is 0. The van der Waals surface area contributed by atoms with Crippen LogP contribution in [0.1, 0.15) is 30.4 Å². The van der Waals surface area contributed by atoms with Crippen LogP contribution in [-0.4, -0.2) is 42.4 Å². The molecule has 2 saturated heterocycles. The summed E-state index contributed by atoms with van der Waals surface area (Å²) in [6, 6.07) is 19.9. The molecule has 5 heteroatoms. The van der Waals surface area contributed by atoms with E-state index >= 15 is 0 Å². The van der Waals surface area contributed by atoms with Gasteiger partial charge in [-0.25, -0.2) is 4.79 Å². The van der Waals surface area contributed by atoms with Crippen molar-refractivity contribution in [1.82, 2.24) is 4.90 Å². The van der Waals surface area contributed by atoms with Crippen molar-refractivity contribution in [2.45, 2.75) is 50.7 Å². The number of carbonyl (C=O) groups excluding carboxylic acids is 1. The number of hydrogen-bond donors (Lipinski definition) is 0. The highest BCUT2D eigenvalue weighted by Gasteiger charge is 2.40. The molecule has 0 spiro atoms. The highest BCUT2D eigenvalue weighted by molar-refractivity contribution is 5.68. The van der Waals surface area contributed by atoms with Gasteiger partial charge in [-0.15, -0.1) is 0 Å². The number of hydrogen-bond acceptors (Lipinski definition) is 4. The average molecular weight is 381 g/mol. The number of carbonyl (C=O) groups is 1. The van der Waals surface area contributed by atoms with Gasteiger partial charge in [0.1, 0.15) is 6.61 Å². The maximum atomic E-state index is 12.8. The zero-order valence-corrected chi connectivity index (χ0v) is 16.0. The van der Waals surface area contributed by atoms with Crippen molar-refractivity contribution < 1.29 is 19.0 Å². The van der Waals surface area contributed by atoms with E-state index in [1.165, 1.54) is 0 Å². The van der Waals surface area contributed by atoms with E-state index in [-0.39, 0.29) is 24.3 Å². The number of ether oxygens (including phenoxy) is 3. The zero-order chi connectivity index (χ0) is 19.2. The molecule has 1 unspecified atom stereocenters. The summed E-state index contributed by atoms with van der Waals surface area (Å²) in [7, 11) is 0. The van der Waals surface area contributed by atoms with Crippen LogP contribution >= 0.6 is 0 Å². The van der Waals surface area contributed by atoms with E-state index in [1.54, 1.807) is 0 Å². The van der Waals surface area contributed by atoms with Crippen molar-refractivity contribution in [1.29, 1.82) is 0 Å². The van der Waals surface area contributed by atoms with Crippen LogP contribution in [0.4, 0.5) is 4.79 Å². The molecule has 2 aliphatic heterocycles. The summed E-state index contributed by atoms with van der Waals surface area (Å²) >= 11 is 0. The molecule has 0 aromatic heterocycles. The minimum atomic E-state index is -0.262. The summed E-state index contributed by atoms with van der Waals surface area (Å²) in [6.45, 7) is 2.32. The number of epoxide rings is 1. The highest BCUT2D eigenvalue weighted by atomic mass is 16.6. The van der Waals surface area contributed by atoms with Gasteiger partial charge in [0.15, 0.2) is 0 Å². The van der Waals surface area contributed by atoms with Crippen LogP contribution in [0.2, 0.25) is 0 Å². The van der Waals surface area contributed by atoms with Crippen LogP contribution in [0.15, 0.2) is 60.7 Å². The Labute approximate surface area is 166 Å². The molecule has 0 bridgehead atoms. The third kappa shape index (κ3) is 5.12. The molecule has 4 rings (SSSR count). The number of benzene rings is 2. The van der Waals surface area contributed by atoms with Crippen molar-refractivity contribution >= 4 is 6.09 Å². The van der Waals surface area contributed by atoms with E-state index in [9.17, 15) is 4.79 Å². The SMILES string of the molecule is O=C(OCc1ccccc1)N1CCC[C@H](OCc2ccccc2)[C@H]1CC1CO1. The molecule has 28 heavy (non-hydrogen) atoms. The van der Waals surface area contributed by atoms with Crippen molar-refractivity contribution in [3.05, 3.63) is 71.8 Å². The largest absolute Gasteiger partial charge is 0.445 e. The smallest absolute Gasteiger partial charge is 0.410 e. The van der Waals surface area contributed by atoms with E-state index in [1.807, 2.05) is 53.4 Å². The van der Waals surface area contributed by atoms with Gasteiger partial charge in [-0.05, 0) is 30.4 Å². The molecule has 3 atom stereocenters. The molecule has 5 nitrogen and oxygen atoms in total. The minimum Gasteiger partial charge on any atom is -0.445 e. The predicted molar refractivity (Wildman–Crippen MR) is 106 cm³/mol. The van der Waals surface area contributed by atoms with Crippen LogP contribution in [0.25, 0.3) is 0 Å². The van der Waals surface area contributed by atoms with E-state index in [2.05, 4.69) is 12.1 Å². The molecule has 0 N–H and O–H groups in total. The predicted octanol–water partition coefficient (Wildman–Crippen LogP) is 4.16. The summed E-state index contributed by atoms with van der Waals surface area (Å²) in [4.78, 5) is 14.7. The third-order valence-electron chi connectivity index (χ3n) is 5.37. The van der Waals surface area contributed by atoms with Gasteiger partial charge in [0.2, 0.25) is 0 Å². The van der Waals surface area contributed by atoms with E-state index < -0.39 is 0 Å². The normalized spacial score (nSPS) is 24.0. The first-order chi connectivity index (χ1) is 13.8. The number of amides is 1. The average Bonchev–Trinajstić information content (AvgIpc) is 3.57. The quantitative estimate of drug-likeness (QED) is 0.676. The lowest BCUT2D eigenvalue weighted by molar-refractivity contribution is -0.0525. The van der Waals surface area contributed by atoms with Gasteiger partial charge in [-0.1, -0.05) is 60.7 Å². The molecule has 2 aliphatic rings. The lowest BCUT2D eigenvalue weighted by atomic mass is 9.95. The molecule has 1 amide bonds. The van der Waals surface area contributed by atoms with Crippen LogP contribution in [0.5, 0.6) is 0 Å². The molecule has 148 valence electrons. The van der Waals surface area contributed by atoms with Gasteiger partial charge in [0, 0.05) is 6.54 Å². The summed E-state index contributed by atoms with van der Waals surface area (Å²) < 4.78 is 17.3. The van der Waals surface area contributed by atoms with Gasteiger partial charge < -0.3 is 19.1 Å². The van der Waals surface area contributed by atoms with Crippen molar-refractivity contribution in [3.63, 3.8) is 0 Å². The van der Waals surface area contributed by atoms with Gasteiger partial charge in [0.25, 0.3) is 0 Å². The van der Waals surface area contributed by atoms with Crippen LogP contribution in [0, 0.1) is 0 Å². The first kappa shape index (κ1) is 19.0. The van der Waals surface area contributed by atoms with Crippen LogP contribution < -0.4 is 0 Å². The Morgan fingerprint density at radius 3 is 2.29 bits per heavy atom. The Morgan fingerprint density at radius 1 is 1.00 bits per heavy atom. The standard InChI is InChI=1S/C23H27NO4/c25-23(28-16-19-10-5-2-6-11-19)24-13-7-12-22(21(24)14-20-17-26-20)27-15-18-8-3-1-4-9-18/h1-6,8-11,20-22H,7,12-17H2/t20?,21-,22+/m1/s1. The first-order valence-corrected chi connectivity index (χ1v) is 10.0. The lowest BCUT2D eigenvalue weighted by Gasteiger charge is -2.40. The second kappa shape index (κ2) is 9.22. The summed E-state index contributed by atoms with van der Waals surface area (Å²) in [5.41, 5.74) is 2.14. The van der Waals surface area contributed by atoms with Crippen molar-refractivity contribution in [2.24, 2.45) is 0 Å². The molecule has 2 aromatic rings. The van der Waals surface area contributed by atoms with Gasteiger partial charge in [-0.3, -0.25) is 0 Å². The van der Waals surface area contributed by atoms with E-state index in [0.29, 0.717) is 19.8 Å². The molecule has 0 saturated carbocycles. The lowest BCUT2D eigenvalue weighted by Crippen LogP contribution is -2.52. The molecular weight excluding hydrogens is 354 g/mol. The number of rotatable bonds is 7. The van der Waals surface area contributed by atoms with Crippen molar-refractivity contribution in [2.75, 3.05) is 13.2 Å². The van der Waals surface area contributed by atoms with Gasteiger partial charge in [-0.2, -0.15) is 0 Å². The summed E-state index contributed by atoms with van der Waals surface area (Å²) in [5, 5.41) is 0. The monoisotopic (exact) mass is 381 g/mol. The first-order valence-electron chi connectivity index (χ1n) is 10.0. The number of nitrogens with zero attached hydrogens (tertiary/aromatic N) is 1. The Hall–Kier alpha value is -2.37. The Morgan fingerprint density at radius 2 is 1.64 bits per heavy atom. The molecule has 2 aromatic carbocycles. The Kier molecular flexibility index (Phi) is 6.24. The second-order valence-corrected chi connectivity index (χ2v) is 7.47. The maximum Gasteiger partial charge on any atom is 0.410 e. The van der Waals surface area contributed by atoms with Gasteiger partial charge >= 0.3 is 6.09 Å². The zero-order valence-electron chi connectivity index (χ0n) is 16.0. The number of piperidine rings is 1. The Balaban J connectivity index is 1.38. The molecule has 2 fully saturated rings. The fourth-order valence-corrected chi connectivity index (χ4v) is 3.78.